The first-order valence-electron chi connectivity index (χ1n) is 23.9. The number of benzene rings is 4. The van der Waals surface area contributed by atoms with E-state index < -0.39 is 31.4 Å². The van der Waals surface area contributed by atoms with Gasteiger partial charge in [-0.2, -0.15) is 0 Å². The molecule has 3 N–H and O–H groups in total. The van der Waals surface area contributed by atoms with Crippen molar-refractivity contribution in [2.24, 2.45) is 11.3 Å². The summed E-state index contributed by atoms with van der Waals surface area (Å²) in [6.07, 6.45) is 14.4. The first-order chi connectivity index (χ1) is 33.1. The number of hydrogen-bond donors (Lipinski definition) is 3. The third-order valence-corrected chi connectivity index (χ3v) is 16.3. The minimum Gasteiger partial charge on any atom is -0.455 e. The number of aromatic nitrogens is 2. The predicted molar refractivity (Wildman–Crippen MR) is 262 cm³/mol. The third-order valence-electron chi connectivity index (χ3n) is 15.0. The van der Waals surface area contributed by atoms with Crippen molar-refractivity contribution < 1.29 is 27.6 Å². The van der Waals surface area contributed by atoms with E-state index in [4.69, 9.17) is 9.47 Å². The minimum absolute atomic E-state index is 0.0158. The maximum Gasteiger partial charge on any atom is 0.293 e. The topological polar surface area (TPSA) is 172 Å². The lowest BCUT2D eigenvalue weighted by molar-refractivity contribution is -0.384. The number of hydrogen-bond acceptors (Lipinski definition) is 11. The van der Waals surface area contributed by atoms with Gasteiger partial charge in [0.2, 0.25) is 0 Å². The van der Waals surface area contributed by atoms with Crippen molar-refractivity contribution in [3.05, 3.63) is 154 Å². The Balaban J connectivity index is 0.799. The lowest BCUT2D eigenvalue weighted by Crippen LogP contribution is -2.55. The van der Waals surface area contributed by atoms with E-state index in [-0.39, 0.29) is 34.4 Å². The molecular formula is C53H55N7O7S. The maximum absolute atomic E-state index is 14.0. The molecule has 0 bridgehead atoms. The Bertz CT molecular complexity index is 3000. The van der Waals surface area contributed by atoms with Gasteiger partial charge in [-0.05, 0) is 127 Å². The molecule has 1 atom stereocenters. The molecular weight excluding hydrogens is 879 g/mol. The number of carbonyl (C=O) groups is 1. The van der Waals surface area contributed by atoms with E-state index in [2.05, 4.69) is 90.5 Å². The SMILES string of the molecule is O=C(NS(=O)(=O)c1ccc(NCC2CCOCC2)c([N+](=O)[O-])c1)c1ccc(N2CCC3(CC2)CC(N2CC(c4ccccc4)=CC2c2ccccc2C2CC2)C3)cc1Oc1cnc2[nH]ccc2c1. The van der Waals surface area contributed by atoms with Gasteiger partial charge in [-0.1, -0.05) is 60.7 Å². The van der Waals surface area contributed by atoms with Crippen molar-refractivity contribution in [2.75, 3.05) is 49.6 Å². The van der Waals surface area contributed by atoms with E-state index in [1.165, 1.54) is 47.2 Å². The second-order valence-corrected chi connectivity index (χ2v) is 21.0. The molecule has 2 aliphatic carbocycles. The maximum atomic E-state index is 14.0. The van der Waals surface area contributed by atoms with Gasteiger partial charge in [-0.3, -0.25) is 19.8 Å². The number of nitro benzene ring substituents is 1. The summed E-state index contributed by atoms with van der Waals surface area (Å²) in [6, 6.07) is 33.1. The average molecular weight is 934 g/mol. The molecule has 4 fully saturated rings. The first kappa shape index (κ1) is 44.0. The van der Waals surface area contributed by atoms with Gasteiger partial charge in [0.1, 0.15) is 22.8 Å². The van der Waals surface area contributed by atoms with E-state index in [1.807, 2.05) is 12.1 Å². The zero-order chi connectivity index (χ0) is 46.4. The highest BCUT2D eigenvalue weighted by molar-refractivity contribution is 7.90. The predicted octanol–water partition coefficient (Wildman–Crippen LogP) is 9.99. The van der Waals surface area contributed by atoms with Crippen molar-refractivity contribution in [3.63, 3.8) is 0 Å². The quantitative estimate of drug-likeness (QED) is 0.0701. The number of pyridine rings is 1. The van der Waals surface area contributed by atoms with Crippen molar-refractivity contribution in [2.45, 2.75) is 74.3 Å². The summed E-state index contributed by atoms with van der Waals surface area (Å²) in [4.78, 5) is 37.7. The van der Waals surface area contributed by atoms with Crippen molar-refractivity contribution in [1.82, 2.24) is 19.6 Å². The summed E-state index contributed by atoms with van der Waals surface area (Å²) in [5.74, 6) is 0.537. The van der Waals surface area contributed by atoms with Crippen molar-refractivity contribution in [3.8, 4) is 11.5 Å². The smallest absolute Gasteiger partial charge is 0.293 e. The Morgan fingerprint density at radius 3 is 2.44 bits per heavy atom. The molecule has 68 heavy (non-hydrogen) atoms. The number of anilines is 2. The summed E-state index contributed by atoms with van der Waals surface area (Å²) in [5.41, 5.74) is 7.22. The number of nitrogens with one attached hydrogen (secondary N) is 3. The fraction of sp³-hybridized carbons (Fsp3) is 0.358. The lowest BCUT2D eigenvalue weighted by atomic mass is 9.59. The highest BCUT2D eigenvalue weighted by Crippen LogP contribution is 2.55. The Kier molecular flexibility index (Phi) is 11.8. The summed E-state index contributed by atoms with van der Waals surface area (Å²) in [6.45, 7) is 4.33. The number of piperidine rings is 1. The van der Waals surface area contributed by atoms with Crippen LogP contribution in [0.5, 0.6) is 11.5 Å². The Hall–Kier alpha value is -6.55. The van der Waals surface area contributed by atoms with Gasteiger partial charge < -0.3 is 24.7 Å². The molecule has 5 heterocycles. The van der Waals surface area contributed by atoms with E-state index in [9.17, 15) is 23.3 Å². The largest absolute Gasteiger partial charge is 0.455 e. The summed E-state index contributed by atoms with van der Waals surface area (Å²) in [5, 5.41) is 16.1. The van der Waals surface area contributed by atoms with Gasteiger partial charge in [0.25, 0.3) is 21.6 Å². The summed E-state index contributed by atoms with van der Waals surface area (Å²) in [7, 11) is -4.56. The lowest BCUT2D eigenvalue weighted by Gasteiger charge is -2.56. The van der Waals surface area contributed by atoms with Gasteiger partial charge in [0.15, 0.2) is 0 Å². The third kappa shape index (κ3) is 8.97. The number of carbonyl (C=O) groups excluding carboxylic acids is 1. The van der Waals surface area contributed by atoms with Crippen molar-refractivity contribution >= 4 is 49.6 Å². The van der Waals surface area contributed by atoms with E-state index in [0.29, 0.717) is 43.1 Å². The second-order valence-electron chi connectivity index (χ2n) is 19.3. The summed E-state index contributed by atoms with van der Waals surface area (Å²) >= 11 is 0. The molecule has 1 unspecified atom stereocenters. The molecule has 0 radical (unpaired) electrons. The number of rotatable bonds is 14. The van der Waals surface area contributed by atoms with Crippen LogP contribution in [0.15, 0.2) is 126 Å². The molecule has 15 heteroatoms. The molecule has 11 rings (SSSR count). The number of nitrogens with zero attached hydrogens (tertiary/aromatic N) is 4. The van der Waals surface area contributed by atoms with E-state index >= 15 is 0 Å². The van der Waals surface area contributed by atoms with Gasteiger partial charge in [0.05, 0.1) is 27.6 Å². The number of sulfonamides is 1. The van der Waals surface area contributed by atoms with Gasteiger partial charge in [-0.25, -0.2) is 18.1 Å². The zero-order valence-electron chi connectivity index (χ0n) is 37.8. The molecule has 1 amide bonds. The Labute approximate surface area is 396 Å². The summed E-state index contributed by atoms with van der Waals surface area (Å²) < 4.78 is 41.5. The fourth-order valence-electron chi connectivity index (χ4n) is 11.0. The highest BCUT2D eigenvalue weighted by atomic mass is 32.2. The number of nitro groups is 1. The second kappa shape index (κ2) is 18.2. The molecule has 4 aromatic carbocycles. The van der Waals surface area contributed by atoms with Crippen LogP contribution in [0.3, 0.4) is 0 Å². The molecule has 14 nitrogen and oxygen atoms in total. The molecule has 2 saturated heterocycles. The van der Waals surface area contributed by atoms with Crippen LogP contribution in [0, 0.1) is 21.4 Å². The number of ether oxygens (including phenoxy) is 2. The average Bonchev–Trinajstić information content (AvgIpc) is 3.93. The molecule has 350 valence electrons. The van der Waals surface area contributed by atoms with Gasteiger partial charge in [0, 0.05) is 74.8 Å². The Morgan fingerprint density at radius 2 is 1.68 bits per heavy atom. The van der Waals surface area contributed by atoms with Gasteiger partial charge >= 0.3 is 0 Å². The number of amides is 1. The Morgan fingerprint density at radius 1 is 0.912 bits per heavy atom. The fourth-order valence-corrected chi connectivity index (χ4v) is 12.0. The standard InChI is InChI=1S/C53H55N7O7S/c61-52(57-68(64,65)43-13-15-47(49(29-43)60(62)63)55-32-35-17-24-66-25-18-35)46-14-12-40(28-50(46)67-42-26-38-16-21-54-51(38)56-33-42)58-22-19-53(20-23-58)30-41(31-53)59-34-39(36-6-2-1-3-7-36)27-48(59)45-9-5-4-8-44(45)37-10-11-37/h1-9,12-16,21,26-29,33,35,37,41,48,55H,10-11,17-20,22-25,30-32,34H2,(H,54,56)(H,57,61). The number of H-pyrrole nitrogens is 1. The van der Waals surface area contributed by atoms with E-state index in [0.717, 1.165) is 75.3 Å². The minimum atomic E-state index is -4.56. The van der Waals surface area contributed by atoms with Crippen LogP contribution in [-0.2, 0) is 14.8 Å². The molecule has 2 aromatic heterocycles. The highest BCUT2D eigenvalue weighted by Gasteiger charge is 2.50. The molecule has 5 aliphatic rings. The molecule has 1 spiro atoms. The monoisotopic (exact) mass is 933 g/mol. The van der Waals surface area contributed by atoms with Crippen LogP contribution in [0.25, 0.3) is 16.6 Å². The van der Waals surface area contributed by atoms with Crippen LogP contribution in [0.2, 0.25) is 0 Å². The number of fused-ring (bicyclic) bond motifs is 1. The van der Waals surface area contributed by atoms with Gasteiger partial charge in [-0.15, -0.1) is 0 Å². The van der Waals surface area contributed by atoms with Crippen LogP contribution in [0.4, 0.5) is 17.1 Å². The first-order valence-corrected chi connectivity index (χ1v) is 25.3. The van der Waals surface area contributed by atoms with E-state index in [1.54, 1.807) is 30.6 Å². The molecule has 6 aromatic rings. The van der Waals surface area contributed by atoms with Crippen LogP contribution < -0.4 is 19.7 Å². The van der Waals surface area contributed by atoms with Crippen LogP contribution >= 0.6 is 0 Å². The zero-order valence-corrected chi connectivity index (χ0v) is 38.6. The molecule has 3 aliphatic heterocycles. The van der Waals surface area contributed by atoms with Crippen LogP contribution in [0.1, 0.15) is 90.4 Å². The number of aromatic amines is 1. The van der Waals surface area contributed by atoms with Crippen LogP contribution in [-0.4, -0.2) is 79.6 Å². The normalized spacial score (nSPS) is 20.0. The molecule has 2 saturated carbocycles. The van der Waals surface area contributed by atoms with Crippen molar-refractivity contribution in [1.29, 1.82) is 0 Å².